The quantitative estimate of drug-likeness (QED) is 0.874. The van der Waals surface area contributed by atoms with Crippen LogP contribution in [-0.2, 0) is 4.74 Å². The Hall–Kier alpha value is -1.75. The molecule has 2 atom stereocenters. The summed E-state index contributed by atoms with van der Waals surface area (Å²) in [5.41, 5.74) is 1.12. The van der Waals surface area contributed by atoms with Crippen molar-refractivity contribution in [3.05, 3.63) is 23.3 Å². The van der Waals surface area contributed by atoms with E-state index in [0.29, 0.717) is 18.3 Å². The fraction of sp³-hybridized carbons (Fsp3) is 0.562. The van der Waals surface area contributed by atoms with Crippen LogP contribution in [0.2, 0.25) is 0 Å². The van der Waals surface area contributed by atoms with Gasteiger partial charge < -0.3 is 19.9 Å². The first-order chi connectivity index (χ1) is 10.1. The van der Waals surface area contributed by atoms with Crippen molar-refractivity contribution in [2.75, 3.05) is 20.3 Å². The Morgan fingerprint density at radius 2 is 2.33 bits per heavy atom. The number of aromatic hydroxyl groups is 1. The molecule has 0 spiro atoms. The van der Waals surface area contributed by atoms with Crippen LogP contribution in [0.5, 0.6) is 11.5 Å². The van der Waals surface area contributed by atoms with Gasteiger partial charge in [0.1, 0.15) is 0 Å². The average Bonchev–Trinajstić information content (AvgIpc) is 3.00. The van der Waals surface area contributed by atoms with Crippen molar-refractivity contribution in [2.45, 2.75) is 32.7 Å². The van der Waals surface area contributed by atoms with Gasteiger partial charge in [-0.05, 0) is 37.5 Å². The highest BCUT2D eigenvalue weighted by Crippen LogP contribution is 2.31. The standard InChI is InChI=1S/C16H23NO4/c1-4-13(11-5-6-21-9-11)17-16(19)12-7-10(2)8-14(20-3)15(12)18/h7-8,11,13,18H,4-6,9H2,1-3H3,(H,17,19)/t11-,13+/m1/s1. The number of ether oxygens (including phenoxy) is 2. The Bertz CT molecular complexity index is 509. The van der Waals surface area contributed by atoms with Crippen LogP contribution in [0.4, 0.5) is 0 Å². The highest BCUT2D eigenvalue weighted by atomic mass is 16.5. The average molecular weight is 293 g/mol. The van der Waals surface area contributed by atoms with Crippen molar-refractivity contribution in [3.8, 4) is 11.5 Å². The topological polar surface area (TPSA) is 67.8 Å². The van der Waals surface area contributed by atoms with Crippen LogP contribution < -0.4 is 10.1 Å². The van der Waals surface area contributed by atoms with Gasteiger partial charge in [0.05, 0.1) is 19.3 Å². The van der Waals surface area contributed by atoms with Crippen molar-refractivity contribution in [3.63, 3.8) is 0 Å². The number of rotatable bonds is 5. The molecule has 1 aromatic carbocycles. The van der Waals surface area contributed by atoms with Crippen LogP contribution in [0.15, 0.2) is 12.1 Å². The highest BCUT2D eigenvalue weighted by Gasteiger charge is 2.27. The predicted molar refractivity (Wildman–Crippen MR) is 79.9 cm³/mol. The van der Waals surface area contributed by atoms with E-state index in [1.165, 1.54) is 7.11 Å². The summed E-state index contributed by atoms with van der Waals surface area (Å²) in [5, 5.41) is 13.1. The van der Waals surface area contributed by atoms with E-state index in [2.05, 4.69) is 5.32 Å². The molecular weight excluding hydrogens is 270 g/mol. The smallest absolute Gasteiger partial charge is 0.255 e. The zero-order valence-corrected chi connectivity index (χ0v) is 12.8. The van der Waals surface area contributed by atoms with Crippen molar-refractivity contribution >= 4 is 5.91 Å². The number of phenolic OH excluding ortho intramolecular Hbond substituents is 1. The zero-order chi connectivity index (χ0) is 15.4. The van der Waals surface area contributed by atoms with Gasteiger partial charge in [-0.15, -0.1) is 0 Å². The molecule has 0 unspecified atom stereocenters. The van der Waals surface area contributed by atoms with Gasteiger partial charge in [0.25, 0.3) is 5.91 Å². The van der Waals surface area contributed by atoms with E-state index in [-0.39, 0.29) is 23.3 Å². The zero-order valence-electron chi connectivity index (χ0n) is 12.8. The van der Waals surface area contributed by atoms with Crippen LogP contribution in [0.3, 0.4) is 0 Å². The third-order valence-electron chi connectivity index (χ3n) is 3.97. The summed E-state index contributed by atoms with van der Waals surface area (Å²) in [5.74, 6) is 0.275. The number of methoxy groups -OCH3 is 1. The second-order valence-electron chi connectivity index (χ2n) is 5.48. The normalized spacial score (nSPS) is 19.3. The number of hydrogen-bond donors (Lipinski definition) is 2. The first kappa shape index (κ1) is 15.6. The molecule has 0 aromatic heterocycles. The van der Waals surface area contributed by atoms with Crippen molar-refractivity contribution in [1.29, 1.82) is 0 Å². The molecule has 21 heavy (non-hydrogen) atoms. The predicted octanol–water partition coefficient (Wildman–Crippen LogP) is 2.25. The summed E-state index contributed by atoms with van der Waals surface area (Å²) >= 11 is 0. The van der Waals surface area contributed by atoms with Crippen molar-refractivity contribution < 1.29 is 19.4 Å². The van der Waals surface area contributed by atoms with Crippen LogP contribution in [-0.4, -0.2) is 37.4 Å². The van der Waals surface area contributed by atoms with Gasteiger partial charge >= 0.3 is 0 Å². The Morgan fingerprint density at radius 1 is 1.57 bits per heavy atom. The second kappa shape index (κ2) is 6.80. The minimum atomic E-state index is -0.270. The maximum Gasteiger partial charge on any atom is 0.255 e. The maximum absolute atomic E-state index is 12.4. The third kappa shape index (κ3) is 3.47. The van der Waals surface area contributed by atoms with Crippen LogP contribution in [0.1, 0.15) is 35.7 Å². The summed E-state index contributed by atoms with van der Waals surface area (Å²) in [6.45, 7) is 5.34. The highest BCUT2D eigenvalue weighted by molar-refractivity contribution is 5.98. The van der Waals surface area contributed by atoms with Gasteiger partial charge in [0.2, 0.25) is 0 Å². The summed E-state index contributed by atoms with van der Waals surface area (Å²) < 4.78 is 10.5. The number of hydrogen-bond acceptors (Lipinski definition) is 4. The summed E-state index contributed by atoms with van der Waals surface area (Å²) in [4.78, 5) is 12.4. The molecule has 0 bridgehead atoms. The fourth-order valence-electron chi connectivity index (χ4n) is 2.74. The summed E-state index contributed by atoms with van der Waals surface area (Å²) in [6, 6.07) is 3.44. The Balaban J connectivity index is 2.17. The molecule has 1 aliphatic heterocycles. The number of nitrogens with one attached hydrogen (secondary N) is 1. The number of aryl methyl sites for hydroxylation is 1. The van der Waals surface area contributed by atoms with Gasteiger partial charge in [-0.3, -0.25) is 4.79 Å². The van der Waals surface area contributed by atoms with Gasteiger partial charge in [-0.1, -0.05) is 6.92 Å². The van der Waals surface area contributed by atoms with Crippen molar-refractivity contribution in [1.82, 2.24) is 5.32 Å². The summed E-state index contributed by atoms with van der Waals surface area (Å²) in [7, 11) is 1.47. The molecule has 1 aromatic rings. The number of phenols is 1. The van der Waals surface area contributed by atoms with Gasteiger partial charge in [0.15, 0.2) is 11.5 Å². The molecule has 1 saturated heterocycles. The molecule has 1 heterocycles. The minimum absolute atomic E-state index is 0.0610. The molecule has 5 heteroatoms. The van der Waals surface area contributed by atoms with E-state index in [4.69, 9.17) is 9.47 Å². The Morgan fingerprint density at radius 3 is 2.90 bits per heavy atom. The van der Waals surface area contributed by atoms with E-state index in [1.807, 2.05) is 13.8 Å². The molecule has 1 aliphatic rings. The fourth-order valence-corrected chi connectivity index (χ4v) is 2.74. The molecule has 116 valence electrons. The largest absolute Gasteiger partial charge is 0.504 e. The third-order valence-corrected chi connectivity index (χ3v) is 3.97. The number of benzene rings is 1. The lowest BCUT2D eigenvalue weighted by Crippen LogP contribution is -2.40. The van der Waals surface area contributed by atoms with Crippen molar-refractivity contribution in [2.24, 2.45) is 5.92 Å². The van der Waals surface area contributed by atoms with E-state index in [0.717, 1.165) is 25.0 Å². The maximum atomic E-state index is 12.4. The van der Waals surface area contributed by atoms with E-state index < -0.39 is 0 Å². The molecule has 2 N–H and O–H groups in total. The first-order valence-corrected chi connectivity index (χ1v) is 7.33. The van der Waals surface area contributed by atoms with Crippen LogP contribution >= 0.6 is 0 Å². The number of carbonyl (C=O) groups is 1. The van der Waals surface area contributed by atoms with E-state index in [9.17, 15) is 9.90 Å². The molecule has 0 saturated carbocycles. The molecule has 0 aliphatic carbocycles. The van der Waals surface area contributed by atoms with Gasteiger partial charge in [-0.25, -0.2) is 0 Å². The SMILES string of the molecule is CC[C@H](NC(=O)c1cc(C)cc(OC)c1O)[C@@H]1CCOC1. The second-order valence-corrected chi connectivity index (χ2v) is 5.48. The number of amides is 1. The van der Waals surface area contributed by atoms with Gasteiger partial charge in [-0.2, -0.15) is 0 Å². The Kier molecular flexibility index (Phi) is 5.07. The summed E-state index contributed by atoms with van der Waals surface area (Å²) in [6.07, 6.45) is 1.80. The van der Waals surface area contributed by atoms with Crippen LogP contribution in [0.25, 0.3) is 0 Å². The molecular formula is C16H23NO4. The first-order valence-electron chi connectivity index (χ1n) is 7.33. The van der Waals surface area contributed by atoms with Crippen LogP contribution in [0, 0.1) is 12.8 Å². The minimum Gasteiger partial charge on any atom is -0.504 e. The molecule has 0 radical (unpaired) electrons. The lowest BCUT2D eigenvalue weighted by atomic mass is 9.96. The molecule has 1 fully saturated rings. The van der Waals surface area contributed by atoms with Gasteiger partial charge in [0, 0.05) is 18.6 Å². The molecule has 2 rings (SSSR count). The lowest BCUT2D eigenvalue weighted by molar-refractivity contribution is 0.0911. The Labute approximate surface area is 125 Å². The molecule has 5 nitrogen and oxygen atoms in total. The van der Waals surface area contributed by atoms with E-state index >= 15 is 0 Å². The van der Waals surface area contributed by atoms with E-state index in [1.54, 1.807) is 12.1 Å². The lowest BCUT2D eigenvalue weighted by Gasteiger charge is -2.22. The monoisotopic (exact) mass is 293 g/mol. The number of carbonyl (C=O) groups excluding carboxylic acids is 1. The molecule has 1 amide bonds.